The number of aromatic nitrogens is 2. The molecule has 0 unspecified atom stereocenters. The average Bonchev–Trinajstić information content (AvgIpc) is 3.04. The molecule has 170 valence electrons. The highest BCUT2D eigenvalue weighted by atomic mass is 16.2. The largest absolute Gasteiger partial charge is 0.340 e. The average molecular weight is 433 g/mol. The Morgan fingerprint density at radius 1 is 1.00 bits per heavy atom. The van der Waals surface area contributed by atoms with E-state index in [1.807, 2.05) is 4.90 Å². The third-order valence-corrected chi connectivity index (χ3v) is 6.66. The van der Waals surface area contributed by atoms with Crippen LogP contribution < -0.4 is 0 Å². The number of aryl methyl sites for hydroxylation is 1. The predicted octanol–water partition coefficient (Wildman–Crippen LogP) is 4.59. The summed E-state index contributed by atoms with van der Waals surface area (Å²) >= 11 is 0. The molecule has 0 bridgehead atoms. The minimum absolute atomic E-state index is 0.269. The van der Waals surface area contributed by atoms with E-state index in [1.165, 1.54) is 27.6 Å². The first kappa shape index (κ1) is 22.5. The highest BCUT2D eigenvalue weighted by Crippen LogP contribution is 2.21. The highest BCUT2D eigenvalue weighted by molar-refractivity contribution is 5.85. The topological polar surface area (TPSA) is 41.4 Å². The van der Waals surface area contributed by atoms with E-state index in [2.05, 4.69) is 79.7 Å². The van der Waals surface area contributed by atoms with Crippen LogP contribution in [0.5, 0.6) is 0 Å². The van der Waals surface area contributed by atoms with Crippen LogP contribution in [0.2, 0.25) is 0 Å². The quantitative estimate of drug-likeness (QED) is 0.548. The molecule has 3 aromatic rings. The molecule has 0 atom stereocenters. The maximum Gasteiger partial charge on any atom is 0.222 e. The first-order chi connectivity index (χ1) is 15.4. The van der Waals surface area contributed by atoms with Crippen molar-refractivity contribution in [3.63, 3.8) is 0 Å². The van der Waals surface area contributed by atoms with Gasteiger partial charge >= 0.3 is 0 Å². The van der Waals surface area contributed by atoms with Crippen LogP contribution in [0.15, 0.2) is 42.5 Å². The Bertz CT molecular complexity index is 1070. The maximum atomic E-state index is 12.9. The summed E-state index contributed by atoms with van der Waals surface area (Å²) in [4.78, 5) is 17.4. The first-order valence-corrected chi connectivity index (χ1v) is 11.9. The van der Waals surface area contributed by atoms with E-state index in [-0.39, 0.29) is 5.91 Å². The second-order valence-electron chi connectivity index (χ2n) is 9.52. The number of carbonyl (C=O) groups is 1. The van der Waals surface area contributed by atoms with E-state index in [4.69, 9.17) is 5.10 Å². The van der Waals surface area contributed by atoms with Crippen molar-refractivity contribution in [1.82, 2.24) is 19.6 Å². The predicted molar refractivity (Wildman–Crippen MR) is 131 cm³/mol. The first-order valence-electron chi connectivity index (χ1n) is 11.9. The Kier molecular flexibility index (Phi) is 6.95. The smallest absolute Gasteiger partial charge is 0.222 e. The normalized spacial score (nSPS) is 15.1. The molecule has 1 saturated heterocycles. The molecule has 0 aliphatic carbocycles. The lowest BCUT2D eigenvalue weighted by Crippen LogP contribution is -2.48. The molecule has 1 aliphatic heterocycles. The van der Waals surface area contributed by atoms with Crippen LogP contribution in [0, 0.1) is 19.8 Å². The molecule has 2 heterocycles. The van der Waals surface area contributed by atoms with Crippen LogP contribution in [-0.2, 0) is 24.3 Å². The molecule has 0 N–H and O–H groups in total. The summed E-state index contributed by atoms with van der Waals surface area (Å²) in [5.41, 5.74) is 4.89. The van der Waals surface area contributed by atoms with Gasteiger partial charge in [-0.15, -0.1) is 0 Å². The monoisotopic (exact) mass is 432 g/mol. The minimum Gasteiger partial charge on any atom is -0.340 e. The number of carbonyl (C=O) groups excluding carboxylic acids is 1. The summed E-state index contributed by atoms with van der Waals surface area (Å²) < 4.78 is 2.10. The SMILES string of the molecule is Cc1nn(CC(C)C)c(C)c1CCC(=O)N1CCN(Cc2cccc3ccccc23)CC1. The van der Waals surface area contributed by atoms with Gasteiger partial charge in [0.15, 0.2) is 0 Å². The van der Waals surface area contributed by atoms with Crippen molar-refractivity contribution in [3.05, 3.63) is 65.0 Å². The van der Waals surface area contributed by atoms with Crippen molar-refractivity contribution in [3.8, 4) is 0 Å². The van der Waals surface area contributed by atoms with Gasteiger partial charge < -0.3 is 4.90 Å². The molecule has 2 aromatic carbocycles. The zero-order valence-electron chi connectivity index (χ0n) is 20.0. The zero-order chi connectivity index (χ0) is 22.7. The summed E-state index contributed by atoms with van der Waals surface area (Å²) in [6.07, 6.45) is 1.35. The van der Waals surface area contributed by atoms with Gasteiger partial charge in [0.05, 0.1) is 5.69 Å². The van der Waals surface area contributed by atoms with Gasteiger partial charge in [0, 0.05) is 51.4 Å². The molecule has 5 nitrogen and oxygen atoms in total. The van der Waals surface area contributed by atoms with Crippen molar-refractivity contribution in [2.24, 2.45) is 5.92 Å². The summed E-state index contributed by atoms with van der Waals surface area (Å²) in [7, 11) is 0. The highest BCUT2D eigenvalue weighted by Gasteiger charge is 2.22. The number of fused-ring (bicyclic) bond motifs is 1. The molecular weight excluding hydrogens is 396 g/mol. The van der Waals surface area contributed by atoms with E-state index in [1.54, 1.807) is 0 Å². The minimum atomic E-state index is 0.269. The maximum absolute atomic E-state index is 12.9. The van der Waals surface area contributed by atoms with Gasteiger partial charge in [-0.1, -0.05) is 56.3 Å². The van der Waals surface area contributed by atoms with E-state index in [0.717, 1.165) is 51.4 Å². The van der Waals surface area contributed by atoms with Crippen molar-refractivity contribution < 1.29 is 4.79 Å². The van der Waals surface area contributed by atoms with Crippen molar-refractivity contribution in [1.29, 1.82) is 0 Å². The fourth-order valence-corrected chi connectivity index (χ4v) is 4.84. The zero-order valence-corrected chi connectivity index (χ0v) is 20.0. The van der Waals surface area contributed by atoms with Crippen LogP contribution in [0.3, 0.4) is 0 Å². The Labute approximate surface area is 192 Å². The third kappa shape index (κ3) is 5.04. The Hall–Kier alpha value is -2.66. The number of benzene rings is 2. The van der Waals surface area contributed by atoms with Crippen LogP contribution >= 0.6 is 0 Å². The third-order valence-electron chi connectivity index (χ3n) is 6.66. The molecule has 1 aromatic heterocycles. The number of rotatable bonds is 7. The van der Waals surface area contributed by atoms with Crippen molar-refractivity contribution in [2.45, 2.75) is 53.6 Å². The lowest BCUT2D eigenvalue weighted by Gasteiger charge is -2.35. The van der Waals surface area contributed by atoms with Gasteiger partial charge in [-0.3, -0.25) is 14.4 Å². The number of piperazine rings is 1. The summed E-state index contributed by atoms with van der Waals surface area (Å²) in [5, 5.41) is 7.32. The number of nitrogens with zero attached hydrogens (tertiary/aromatic N) is 4. The molecular formula is C27H36N4O. The molecule has 5 heteroatoms. The van der Waals surface area contributed by atoms with E-state index in [0.29, 0.717) is 12.3 Å². The van der Waals surface area contributed by atoms with E-state index < -0.39 is 0 Å². The van der Waals surface area contributed by atoms with Crippen LogP contribution in [0.4, 0.5) is 0 Å². The standard InChI is InChI=1S/C27H36N4O/c1-20(2)18-31-22(4)25(21(3)28-31)12-13-27(32)30-16-14-29(15-17-30)19-24-10-7-9-23-8-5-6-11-26(23)24/h5-11,20H,12-19H2,1-4H3. The molecule has 1 amide bonds. The summed E-state index contributed by atoms with van der Waals surface area (Å²) in [6, 6.07) is 15.1. The Morgan fingerprint density at radius 3 is 2.47 bits per heavy atom. The Balaban J connectivity index is 1.30. The molecule has 0 spiro atoms. The van der Waals surface area contributed by atoms with Gasteiger partial charge in [0.25, 0.3) is 0 Å². The fourth-order valence-electron chi connectivity index (χ4n) is 4.84. The molecule has 4 rings (SSSR count). The molecule has 1 aliphatic rings. The molecule has 1 fully saturated rings. The summed E-state index contributed by atoms with van der Waals surface area (Å²) in [5.74, 6) is 0.831. The second kappa shape index (κ2) is 9.86. The van der Waals surface area contributed by atoms with Crippen LogP contribution in [-0.4, -0.2) is 51.7 Å². The van der Waals surface area contributed by atoms with Gasteiger partial charge in [-0.05, 0) is 48.1 Å². The number of hydrogen-bond donors (Lipinski definition) is 0. The number of hydrogen-bond acceptors (Lipinski definition) is 3. The lowest BCUT2D eigenvalue weighted by atomic mass is 10.0. The number of amides is 1. The van der Waals surface area contributed by atoms with E-state index >= 15 is 0 Å². The molecule has 0 radical (unpaired) electrons. The van der Waals surface area contributed by atoms with Crippen LogP contribution in [0.25, 0.3) is 10.8 Å². The fraction of sp³-hybridized carbons (Fsp3) is 0.481. The van der Waals surface area contributed by atoms with Gasteiger partial charge in [-0.2, -0.15) is 5.10 Å². The van der Waals surface area contributed by atoms with Crippen molar-refractivity contribution in [2.75, 3.05) is 26.2 Å². The van der Waals surface area contributed by atoms with Crippen molar-refractivity contribution >= 4 is 16.7 Å². The molecule has 32 heavy (non-hydrogen) atoms. The Morgan fingerprint density at radius 2 is 1.72 bits per heavy atom. The van der Waals surface area contributed by atoms with Crippen LogP contribution in [0.1, 0.15) is 42.8 Å². The van der Waals surface area contributed by atoms with E-state index in [9.17, 15) is 4.79 Å². The summed E-state index contributed by atoms with van der Waals surface area (Å²) in [6.45, 7) is 14.0. The second-order valence-corrected chi connectivity index (χ2v) is 9.52. The van der Waals surface area contributed by atoms with Gasteiger partial charge in [-0.25, -0.2) is 0 Å². The van der Waals surface area contributed by atoms with Gasteiger partial charge in [0.1, 0.15) is 0 Å². The van der Waals surface area contributed by atoms with Gasteiger partial charge in [0.2, 0.25) is 5.91 Å². The molecule has 0 saturated carbocycles. The lowest BCUT2D eigenvalue weighted by molar-refractivity contribution is -0.133.